The molecule has 3 rings (SSSR count). The highest BCUT2D eigenvalue weighted by Crippen LogP contribution is 2.24. The van der Waals surface area contributed by atoms with Crippen LogP contribution in [-0.2, 0) is 16.0 Å². The van der Waals surface area contributed by atoms with Crippen LogP contribution in [0.4, 0.5) is 4.79 Å². The van der Waals surface area contributed by atoms with E-state index in [1.54, 1.807) is 55.5 Å². The summed E-state index contributed by atoms with van der Waals surface area (Å²) in [6.07, 6.45) is -0.212. The zero-order chi connectivity index (χ0) is 25.4. The van der Waals surface area contributed by atoms with Gasteiger partial charge in [-0.05, 0) is 54.8 Å². The van der Waals surface area contributed by atoms with Crippen LogP contribution in [0.3, 0.4) is 0 Å². The fourth-order valence-electron chi connectivity index (χ4n) is 3.17. The van der Waals surface area contributed by atoms with Crippen LogP contribution >= 0.6 is 11.6 Å². The van der Waals surface area contributed by atoms with Crippen molar-refractivity contribution in [1.29, 1.82) is 0 Å². The number of aliphatic carboxylic acids is 1. The summed E-state index contributed by atoms with van der Waals surface area (Å²) in [5, 5.41) is 13.8. The second-order valence-corrected chi connectivity index (χ2v) is 8.79. The number of nitrogens with zero attached hydrogens (tertiary/aromatic N) is 3. The molecule has 3 aromatic rings. The molecule has 35 heavy (non-hydrogen) atoms. The molecule has 186 valence electrons. The number of hydrogen-bond donors (Lipinski definition) is 1. The van der Waals surface area contributed by atoms with E-state index in [-0.39, 0.29) is 12.5 Å². The molecular formula is C25H28ClN3O6. The van der Waals surface area contributed by atoms with E-state index in [4.69, 9.17) is 25.6 Å². The summed E-state index contributed by atoms with van der Waals surface area (Å²) in [5.41, 5.74) is 1.54. The number of ether oxygens (including phenoxy) is 2. The summed E-state index contributed by atoms with van der Waals surface area (Å²) in [7, 11) is 0. The summed E-state index contributed by atoms with van der Waals surface area (Å²) >= 11 is 5.90. The molecule has 1 unspecified atom stereocenters. The smallest absolute Gasteiger partial charge is 0.410 e. The lowest BCUT2D eigenvalue weighted by molar-refractivity contribution is -0.138. The lowest BCUT2D eigenvalue weighted by Gasteiger charge is -2.27. The quantitative estimate of drug-likeness (QED) is 0.378. The Labute approximate surface area is 208 Å². The number of benzene rings is 2. The maximum atomic E-state index is 12.4. The van der Waals surface area contributed by atoms with Crippen molar-refractivity contribution < 1.29 is 28.7 Å². The van der Waals surface area contributed by atoms with Crippen molar-refractivity contribution in [2.45, 2.75) is 33.2 Å². The molecule has 0 fully saturated rings. The second-order valence-electron chi connectivity index (χ2n) is 8.36. The Morgan fingerprint density at radius 1 is 1.09 bits per heavy atom. The number of amides is 1. The number of halogens is 1. The summed E-state index contributed by atoms with van der Waals surface area (Å²) in [6, 6.07) is 13.7. The molecule has 2 aromatic carbocycles. The van der Waals surface area contributed by atoms with Crippen LogP contribution in [0.2, 0.25) is 5.02 Å². The predicted molar refractivity (Wildman–Crippen MR) is 129 cm³/mol. The minimum atomic E-state index is -1.11. The molecule has 1 N–H and O–H groups in total. The number of carboxylic acid groups (broad SMARTS) is 1. The van der Waals surface area contributed by atoms with Crippen LogP contribution in [0.5, 0.6) is 5.75 Å². The highest BCUT2D eigenvalue weighted by atomic mass is 35.5. The van der Waals surface area contributed by atoms with Crippen LogP contribution in [0.25, 0.3) is 11.5 Å². The van der Waals surface area contributed by atoms with Gasteiger partial charge in [0.2, 0.25) is 0 Å². The molecule has 1 heterocycles. The summed E-state index contributed by atoms with van der Waals surface area (Å²) in [4.78, 5) is 29.3. The molecule has 1 amide bonds. The van der Waals surface area contributed by atoms with Crippen molar-refractivity contribution in [2.24, 2.45) is 5.92 Å². The highest BCUT2D eigenvalue weighted by Gasteiger charge is 2.25. The summed E-state index contributed by atoms with van der Waals surface area (Å²) in [6.45, 7) is 5.67. The van der Waals surface area contributed by atoms with Crippen LogP contribution in [0, 0.1) is 5.92 Å². The first-order chi connectivity index (χ1) is 16.7. The average Bonchev–Trinajstić information content (AvgIpc) is 3.30. The van der Waals surface area contributed by atoms with Gasteiger partial charge in [0.15, 0.2) is 5.82 Å². The van der Waals surface area contributed by atoms with E-state index >= 15 is 0 Å². The van der Waals surface area contributed by atoms with Crippen LogP contribution < -0.4 is 4.74 Å². The Hall–Kier alpha value is -3.59. The third kappa shape index (κ3) is 7.71. The molecule has 0 aliphatic carbocycles. The first-order valence-electron chi connectivity index (χ1n) is 11.2. The van der Waals surface area contributed by atoms with E-state index in [2.05, 4.69) is 10.1 Å². The first-order valence-corrected chi connectivity index (χ1v) is 11.6. The molecular weight excluding hydrogens is 474 g/mol. The lowest BCUT2D eigenvalue weighted by atomic mass is 10.1. The number of carbonyl (C=O) groups excluding carboxylic acids is 1. The topological polar surface area (TPSA) is 115 Å². The standard InChI is InChI=1S/C25H28ClN3O6/c1-16(2)15-34-25(32)29(14-23(30)31)17(3)18-6-10-21(11-7-18)33-13-12-22-27-24(35-28-22)19-4-8-20(26)9-5-19/h4-11,16-17H,12-15H2,1-3H3,(H,30,31). The Bertz CT molecular complexity index is 1110. The van der Waals surface area contributed by atoms with Crippen molar-refractivity contribution in [3.8, 4) is 17.2 Å². The van der Waals surface area contributed by atoms with Gasteiger partial charge in [-0.1, -0.05) is 42.7 Å². The van der Waals surface area contributed by atoms with Gasteiger partial charge in [-0.2, -0.15) is 4.98 Å². The Balaban J connectivity index is 1.55. The van der Waals surface area contributed by atoms with Gasteiger partial charge in [-0.3, -0.25) is 9.69 Å². The highest BCUT2D eigenvalue weighted by molar-refractivity contribution is 6.30. The van der Waals surface area contributed by atoms with Crippen LogP contribution in [-0.4, -0.2) is 52.0 Å². The van der Waals surface area contributed by atoms with Gasteiger partial charge in [-0.25, -0.2) is 4.79 Å². The third-order valence-electron chi connectivity index (χ3n) is 5.06. The van der Waals surface area contributed by atoms with E-state index in [0.717, 1.165) is 11.1 Å². The van der Waals surface area contributed by atoms with E-state index in [1.807, 2.05) is 13.8 Å². The Kier molecular flexibility index (Phi) is 9.08. The first kappa shape index (κ1) is 26.0. The van der Waals surface area contributed by atoms with E-state index < -0.39 is 24.6 Å². The molecule has 0 aliphatic rings. The maximum Gasteiger partial charge on any atom is 0.410 e. The van der Waals surface area contributed by atoms with Crippen molar-refractivity contribution >= 4 is 23.7 Å². The third-order valence-corrected chi connectivity index (χ3v) is 5.32. The van der Waals surface area contributed by atoms with E-state index in [1.165, 1.54) is 4.90 Å². The number of rotatable bonds is 11. The van der Waals surface area contributed by atoms with Crippen molar-refractivity contribution in [3.05, 3.63) is 64.9 Å². The van der Waals surface area contributed by atoms with Crippen LogP contribution in [0.15, 0.2) is 53.1 Å². The number of carbonyl (C=O) groups is 2. The molecule has 0 spiro atoms. The lowest BCUT2D eigenvalue weighted by Crippen LogP contribution is -2.38. The van der Waals surface area contributed by atoms with Crippen LogP contribution in [0.1, 0.15) is 38.2 Å². The molecule has 0 saturated heterocycles. The van der Waals surface area contributed by atoms with Crippen molar-refractivity contribution in [3.63, 3.8) is 0 Å². The number of carboxylic acids is 1. The summed E-state index contributed by atoms with van der Waals surface area (Å²) < 4.78 is 16.3. The van der Waals surface area contributed by atoms with Gasteiger partial charge < -0.3 is 19.1 Å². The van der Waals surface area contributed by atoms with Gasteiger partial charge in [-0.15, -0.1) is 0 Å². The Morgan fingerprint density at radius 3 is 2.40 bits per heavy atom. The largest absolute Gasteiger partial charge is 0.493 e. The SMILES string of the molecule is CC(C)COC(=O)N(CC(=O)O)C(C)c1ccc(OCCc2noc(-c3ccc(Cl)cc3)n2)cc1. The molecule has 9 nitrogen and oxygen atoms in total. The minimum Gasteiger partial charge on any atom is -0.493 e. The maximum absolute atomic E-state index is 12.4. The molecule has 10 heteroatoms. The average molecular weight is 502 g/mol. The molecule has 0 saturated carbocycles. The molecule has 1 aromatic heterocycles. The molecule has 0 bridgehead atoms. The van der Waals surface area contributed by atoms with Gasteiger partial charge in [0.05, 0.1) is 19.3 Å². The normalized spacial score (nSPS) is 11.8. The van der Waals surface area contributed by atoms with Gasteiger partial charge in [0.1, 0.15) is 12.3 Å². The van der Waals surface area contributed by atoms with Gasteiger partial charge in [0.25, 0.3) is 5.89 Å². The van der Waals surface area contributed by atoms with Crippen molar-refractivity contribution in [2.75, 3.05) is 19.8 Å². The predicted octanol–water partition coefficient (Wildman–Crippen LogP) is 5.25. The molecule has 0 aliphatic heterocycles. The fraction of sp³-hybridized carbons (Fsp3) is 0.360. The minimum absolute atomic E-state index is 0.147. The summed E-state index contributed by atoms with van der Waals surface area (Å²) in [5.74, 6) is 0.583. The zero-order valence-corrected chi connectivity index (χ0v) is 20.6. The molecule has 0 radical (unpaired) electrons. The second kappa shape index (κ2) is 12.2. The monoisotopic (exact) mass is 501 g/mol. The van der Waals surface area contributed by atoms with Gasteiger partial charge >= 0.3 is 12.1 Å². The van der Waals surface area contributed by atoms with Gasteiger partial charge in [0, 0.05) is 17.0 Å². The van der Waals surface area contributed by atoms with Crippen molar-refractivity contribution in [1.82, 2.24) is 15.0 Å². The Morgan fingerprint density at radius 2 is 1.77 bits per heavy atom. The molecule has 1 atom stereocenters. The number of aromatic nitrogens is 2. The number of hydrogen-bond acceptors (Lipinski definition) is 7. The zero-order valence-electron chi connectivity index (χ0n) is 19.8. The van der Waals surface area contributed by atoms with E-state index in [0.29, 0.717) is 35.5 Å². The van der Waals surface area contributed by atoms with E-state index in [9.17, 15) is 14.7 Å². The fourth-order valence-corrected chi connectivity index (χ4v) is 3.30.